The van der Waals surface area contributed by atoms with Crippen molar-refractivity contribution in [3.8, 4) is 0 Å². The van der Waals surface area contributed by atoms with E-state index >= 15 is 0 Å². The Labute approximate surface area is 91.3 Å². The van der Waals surface area contributed by atoms with E-state index in [0.29, 0.717) is 13.0 Å². The number of phosphoric acid groups is 1. The van der Waals surface area contributed by atoms with Gasteiger partial charge in [0, 0.05) is 7.11 Å². The van der Waals surface area contributed by atoms with Gasteiger partial charge in [-0.2, -0.15) is 0 Å². The molecule has 2 atom stereocenters. The molecule has 0 fully saturated rings. The van der Waals surface area contributed by atoms with Gasteiger partial charge in [0.05, 0.1) is 6.61 Å². The van der Waals surface area contributed by atoms with Crippen molar-refractivity contribution in [3.63, 3.8) is 0 Å². The van der Waals surface area contributed by atoms with Crippen LogP contribution in [-0.2, 0) is 18.1 Å². The second kappa shape index (κ2) is 8.25. The van der Waals surface area contributed by atoms with E-state index in [9.17, 15) is 9.67 Å². The lowest BCUT2D eigenvalue weighted by atomic mass is 10.3. The third-order valence-corrected chi connectivity index (χ3v) is 3.20. The van der Waals surface area contributed by atoms with E-state index in [4.69, 9.17) is 9.05 Å². The van der Waals surface area contributed by atoms with Gasteiger partial charge >= 0.3 is 7.82 Å². The number of rotatable bonds is 9. The predicted molar refractivity (Wildman–Crippen MR) is 57.5 cm³/mol. The Kier molecular flexibility index (Phi) is 8.29. The van der Waals surface area contributed by atoms with Crippen molar-refractivity contribution in [2.75, 3.05) is 13.7 Å². The molecular formula is C9H21O5P. The standard InChI is InChI=1S/C9H21O5P/c1-4-6-8-13-15(11,12-3)14-9(10)7-5-2/h9-10H,4-8H2,1-3H3. The molecule has 5 nitrogen and oxygen atoms in total. The van der Waals surface area contributed by atoms with Gasteiger partial charge < -0.3 is 5.11 Å². The third kappa shape index (κ3) is 7.03. The van der Waals surface area contributed by atoms with Crippen molar-refractivity contribution >= 4 is 7.82 Å². The fourth-order valence-corrected chi connectivity index (χ4v) is 1.90. The summed E-state index contributed by atoms with van der Waals surface area (Å²) in [6, 6.07) is 0. The van der Waals surface area contributed by atoms with Crippen LogP contribution in [0.5, 0.6) is 0 Å². The molecule has 0 heterocycles. The molecule has 0 saturated heterocycles. The first-order chi connectivity index (χ1) is 7.08. The van der Waals surface area contributed by atoms with Crippen LogP contribution in [0.4, 0.5) is 0 Å². The van der Waals surface area contributed by atoms with Crippen LogP contribution in [0.25, 0.3) is 0 Å². The van der Waals surface area contributed by atoms with Gasteiger partial charge in [0.25, 0.3) is 0 Å². The van der Waals surface area contributed by atoms with E-state index in [1.807, 2.05) is 13.8 Å². The highest BCUT2D eigenvalue weighted by Crippen LogP contribution is 2.49. The summed E-state index contributed by atoms with van der Waals surface area (Å²) in [5.74, 6) is 0. The molecule has 0 aromatic heterocycles. The molecule has 0 rings (SSSR count). The Morgan fingerprint density at radius 1 is 1.33 bits per heavy atom. The van der Waals surface area contributed by atoms with Gasteiger partial charge in [-0.15, -0.1) is 0 Å². The van der Waals surface area contributed by atoms with Crippen molar-refractivity contribution in [1.29, 1.82) is 0 Å². The van der Waals surface area contributed by atoms with E-state index in [1.165, 1.54) is 7.11 Å². The molecule has 6 heteroatoms. The molecule has 0 aromatic rings. The van der Waals surface area contributed by atoms with Crippen molar-refractivity contribution in [1.82, 2.24) is 0 Å². The van der Waals surface area contributed by atoms with Crippen LogP contribution in [-0.4, -0.2) is 25.1 Å². The molecule has 0 aliphatic heterocycles. The summed E-state index contributed by atoms with van der Waals surface area (Å²) in [6.45, 7) is 4.19. The highest BCUT2D eigenvalue weighted by atomic mass is 31.2. The van der Waals surface area contributed by atoms with Crippen molar-refractivity contribution in [2.24, 2.45) is 0 Å². The molecule has 0 aromatic carbocycles. The Balaban J connectivity index is 4.00. The van der Waals surface area contributed by atoms with Crippen LogP contribution in [0, 0.1) is 0 Å². The van der Waals surface area contributed by atoms with Gasteiger partial charge in [0.15, 0.2) is 6.29 Å². The zero-order valence-corrected chi connectivity index (χ0v) is 10.5. The second-order valence-electron chi connectivity index (χ2n) is 3.17. The Morgan fingerprint density at radius 3 is 2.47 bits per heavy atom. The zero-order valence-electron chi connectivity index (χ0n) is 9.64. The molecule has 1 N–H and O–H groups in total. The molecular weight excluding hydrogens is 219 g/mol. The molecule has 92 valence electrons. The highest BCUT2D eigenvalue weighted by molar-refractivity contribution is 7.48. The third-order valence-electron chi connectivity index (χ3n) is 1.76. The van der Waals surface area contributed by atoms with Gasteiger partial charge in [0.1, 0.15) is 0 Å². The molecule has 0 saturated carbocycles. The zero-order chi connectivity index (χ0) is 11.7. The summed E-state index contributed by atoms with van der Waals surface area (Å²) in [5.41, 5.74) is 0. The minimum Gasteiger partial charge on any atom is -0.367 e. The number of aliphatic hydroxyl groups excluding tert-OH is 1. The minimum absolute atomic E-state index is 0.306. The van der Waals surface area contributed by atoms with E-state index in [-0.39, 0.29) is 0 Å². The average molecular weight is 240 g/mol. The van der Waals surface area contributed by atoms with Crippen LogP contribution >= 0.6 is 7.82 Å². The lowest BCUT2D eigenvalue weighted by molar-refractivity contribution is -0.0504. The maximum Gasteiger partial charge on any atom is 0.476 e. The highest BCUT2D eigenvalue weighted by Gasteiger charge is 2.28. The minimum atomic E-state index is -3.57. The first kappa shape index (κ1) is 15.1. The van der Waals surface area contributed by atoms with E-state index in [0.717, 1.165) is 19.3 Å². The number of aliphatic hydroxyl groups is 1. The number of hydrogen-bond acceptors (Lipinski definition) is 5. The van der Waals surface area contributed by atoms with Crippen LogP contribution in [0.2, 0.25) is 0 Å². The van der Waals surface area contributed by atoms with Crippen LogP contribution in [0.15, 0.2) is 0 Å². The normalized spacial score (nSPS) is 17.3. The monoisotopic (exact) mass is 240 g/mol. The number of hydrogen-bond donors (Lipinski definition) is 1. The van der Waals surface area contributed by atoms with Gasteiger partial charge in [-0.3, -0.25) is 13.6 Å². The predicted octanol–water partition coefficient (Wildman–Crippen LogP) is 2.69. The van der Waals surface area contributed by atoms with E-state index in [1.54, 1.807) is 0 Å². The lowest BCUT2D eigenvalue weighted by Crippen LogP contribution is -2.12. The van der Waals surface area contributed by atoms with Gasteiger partial charge in [-0.05, 0) is 12.8 Å². The maximum absolute atomic E-state index is 11.7. The Hall–Kier alpha value is 0.0700. The molecule has 0 bridgehead atoms. The van der Waals surface area contributed by atoms with Crippen molar-refractivity contribution in [3.05, 3.63) is 0 Å². The van der Waals surface area contributed by atoms with Crippen LogP contribution in [0.1, 0.15) is 39.5 Å². The van der Waals surface area contributed by atoms with Crippen LogP contribution < -0.4 is 0 Å². The van der Waals surface area contributed by atoms with Crippen molar-refractivity contribution in [2.45, 2.75) is 45.8 Å². The van der Waals surface area contributed by atoms with Gasteiger partial charge in [0.2, 0.25) is 0 Å². The smallest absolute Gasteiger partial charge is 0.367 e. The van der Waals surface area contributed by atoms with Crippen molar-refractivity contribution < 1.29 is 23.2 Å². The number of phosphoric ester groups is 1. The van der Waals surface area contributed by atoms with E-state index in [2.05, 4.69) is 4.52 Å². The van der Waals surface area contributed by atoms with Crippen LogP contribution in [0.3, 0.4) is 0 Å². The summed E-state index contributed by atoms with van der Waals surface area (Å²) in [7, 11) is -2.32. The van der Waals surface area contributed by atoms with E-state index < -0.39 is 14.1 Å². The first-order valence-electron chi connectivity index (χ1n) is 5.24. The summed E-state index contributed by atoms with van der Waals surface area (Å²) in [6.07, 6.45) is 1.76. The molecule has 0 aliphatic carbocycles. The Bertz CT molecular complexity index is 197. The lowest BCUT2D eigenvalue weighted by Gasteiger charge is -2.18. The summed E-state index contributed by atoms with van der Waals surface area (Å²) in [5, 5.41) is 9.32. The topological polar surface area (TPSA) is 65.0 Å². The largest absolute Gasteiger partial charge is 0.476 e. The molecule has 0 amide bonds. The average Bonchev–Trinajstić information content (AvgIpc) is 2.18. The quantitative estimate of drug-likeness (QED) is 0.381. The molecule has 0 radical (unpaired) electrons. The maximum atomic E-state index is 11.7. The fraction of sp³-hybridized carbons (Fsp3) is 1.00. The molecule has 2 unspecified atom stereocenters. The fourth-order valence-electron chi connectivity index (χ4n) is 0.896. The summed E-state index contributed by atoms with van der Waals surface area (Å²) < 4.78 is 26.2. The number of unbranched alkanes of at least 4 members (excludes halogenated alkanes) is 1. The SMILES string of the molecule is CCCCOP(=O)(OC)OC(O)CCC. The molecule has 15 heavy (non-hydrogen) atoms. The Morgan fingerprint density at radius 2 is 2.00 bits per heavy atom. The first-order valence-corrected chi connectivity index (χ1v) is 6.70. The van der Waals surface area contributed by atoms with Gasteiger partial charge in [-0.25, -0.2) is 4.57 Å². The second-order valence-corrected chi connectivity index (χ2v) is 4.89. The van der Waals surface area contributed by atoms with Gasteiger partial charge in [-0.1, -0.05) is 26.7 Å². The molecule has 0 spiro atoms. The summed E-state index contributed by atoms with van der Waals surface area (Å²) >= 11 is 0. The molecule has 0 aliphatic rings. The summed E-state index contributed by atoms with van der Waals surface area (Å²) in [4.78, 5) is 0.